The van der Waals surface area contributed by atoms with E-state index in [1.807, 2.05) is 0 Å². The fourth-order valence-electron chi connectivity index (χ4n) is 4.57. The first-order valence-electron chi connectivity index (χ1n) is 11.2. The molecule has 7 nitrogen and oxygen atoms in total. The smallest absolute Gasteiger partial charge is 0.341 e. The molecule has 2 heterocycles. The van der Waals surface area contributed by atoms with E-state index in [4.69, 9.17) is 4.74 Å². The summed E-state index contributed by atoms with van der Waals surface area (Å²) in [6.45, 7) is 3.81. The number of hydrogen-bond acceptors (Lipinski definition) is 6. The van der Waals surface area contributed by atoms with Crippen molar-refractivity contribution >= 4 is 34.1 Å². The van der Waals surface area contributed by atoms with Gasteiger partial charge in [-0.25, -0.2) is 9.59 Å². The molecule has 2 amide bonds. The molecule has 164 valence electrons. The number of carbonyl (C=O) groups is 3. The van der Waals surface area contributed by atoms with Gasteiger partial charge in [0.05, 0.1) is 18.2 Å². The molecule has 8 heteroatoms. The lowest BCUT2D eigenvalue weighted by molar-refractivity contribution is -0.123. The van der Waals surface area contributed by atoms with E-state index in [1.165, 1.54) is 11.3 Å². The van der Waals surface area contributed by atoms with E-state index >= 15 is 0 Å². The van der Waals surface area contributed by atoms with Crippen LogP contribution in [0.2, 0.25) is 0 Å². The normalized spacial score (nSPS) is 20.2. The van der Waals surface area contributed by atoms with Crippen LogP contribution in [0.15, 0.2) is 0 Å². The molecule has 30 heavy (non-hydrogen) atoms. The average molecular weight is 434 g/mol. The van der Waals surface area contributed by atoms with Gasteiger partial charge in [-0.05, 0) is 82.9 Å². The van der Waals surface area contributed by atoms with Crippen LogP contribution >= 0.6 is 11.3 Å². The second-order valence-corrected chi connectivity index (χ2v) is 9.58. The first kappa shape index (κ1) is 21.3. The molecule has 2 fully saturated rings. The number of esters is 1. The molecular weight excluding hydrogens is 402 g/mol. The number of anilines is 1. The number of Topliss-reactive ketones (excluding diaryl/α,β-unsaturated/α-hetero) is 1. The molecule has 0 aromatic carbocycles. The van der Waals surface area contributed by atoms with E-state index in [2.05, 4.69) is 16.0 Å². The zero-order chi connectivity index (χ0) is 21.1. The fourth-order valence-corrected chi connectivity index (χ4v) is 5.85. The number of rotatable bonds is 7. The Kier molecular flexibility index (Phi) is 6.73. The van der Waals surface area contributed by atoms with E-state index in [9.17, 15) is 14.4 Å². The van der Waals surface area contributed by atoms with Gasteiger partial charge >= 0.3 is 12.0 Å². The van der Waals surface area contributed by atoms with Crippen LogP contribution in [0, 0.1) is 11.8 Å². The van der Waals surface area contributed by atoms with E-state index in [-0.39, 0.29) is 23.6 Å². The summed E-state index contributed by atoms with van der Waals surface area (Å²) in [5.41, 5.74) is 1.52. The molecule has 3 N–H and O–H groups in total. The fraction of sp³-hybridized carbons (Fsp3) is 0.682. The number of thiophene rings is 1. The highest BCUT2D eigenvalue weighted by atomic mass is 32.1. The van der Waals surface area contributed by atoms with E-state index in [1.54, 1.807) is 6.92 Å². The Labute approximate surface area is 181 Å². The minimum Gasteiger partial charge on any atom is -0.462 e. The summed E-state index contributed by atoms with van der Waals surface area (Å²) in [6, 6.07) is -0.864. The van der Waals surface area contributed by atoms with Crippen molar-refractivity contribution in [1.29, 1.82) is 0 Å². The van der Waals surface area contributed by atoms with E-state index in [0.29, 0.717) is 17.2 Å². The number of urea groups is 1. The SMILES string of the molecule is CCOC(=O)c1c(NC(=O)NC(C(=O)C2CC2)C2CCNCC2)sc2c1CCCC2. The first-order valence-corrected chi connectivity index (χ1v) is 12.0. The van der Waals surface area contributed by atoms with Crippen LogP contribution in [-0.4, -0.2) is 43.5 Å². The molecule has 1 saturated carbocycles. The van der Waals surface area contributed by atoms with Gasteiger partial charge in [-0.1, -0.05) is 0 Å². The van der Waals surface area contributed by atoms with Crippen molar-refractivity contribution in [2.45, 2.75) is 64.3 Å². The van der Waals surface area contributed by atoms with Gasteiger partial charge in [-0.15, -0.1) is 11.3 Å². The van der Waals surface area contributed by atoms with Gasteiger partial charge in [0.2, 0.25) is 0 Å². The summed E-state index contributed by atoms with van der Waals surface area (Å²) < 4.78 is 5.26. The van der Waals surface area contributed by atoms with Gasteiger partial charge in [-0.3, -0.25) is 10.1 Å². The Balaban J connectivity index is 1.51. The van der Waals surface area contributed by atoms with Gasteiger partial charge in [0.15, 0.2) is 5.78 Å². The summed E-state index contributed by atoms with van der Waals surface area (Å²) in [6.07, 6.45) is 7.50. The Morgan fingerprint density at radius 3 is 2.57 bits per heavy atom. The second kappa shape index (κ2) is 9.47. The van der Waals surface area contributed by atoms with Gasteiger partial charge in [-0.2, -0.15) is 0 Å². The molecule has 1 saturated heterocycles. The molecule has 1 atom stereocenters. The molecule has 2 aliphatic carbocycles. The third-order valence-corrected chi connectivity index (χ3v) is 7.51. The number of hydrogen-bond donors (Lipinski definition) is 3. The quantitative estimate of drug-likeness (QED) is 0.574. The number of ether oxygens (including phenoxy) is 1. The highest BCUT2D eigenvalue weighted by Gasteiger charge is 2.39. The predicted octanol–water partition coefficient (Wildman–Crippen LogP) is 3.27. The van der Waals surface area contributed by atoms with Gasteiger partial charge in [0.25, 0.3) is 0 Å². The lowest BCUT2D eigenvalue weighted by Crippen LogP contribution is -2.50. The van der Waals surface area contributed by atoms with Crippen LogP contribution in [0.4, 0.5) is 9.80 Å². The highest BCUT2D eigenvalue weighted by molar-refractivity contribution is 7.17. The number of aryl methyl sites for hydroxylation is 1. The van der Waals surface area contributed by atoms with Crippen molar-refractivity contribution in [3.05, 3.63) is 16.0 Å². The van der Waals surface area contributed by atoms with Gasteiger partial charge in [0, 0.05) is 10.8 Å². The number of amides is 2. The summed E-state index contributed by atoms with van der Waals surface area (Å²) in [5.74, 6) is 0.0322. The van der Waals surface area contributed by atoms with Crippen LogP contribution < -0.4 is 16.0 Å². The number of carbonyl (C=O) groups excluding carboxylic acids is 3. The maximum absolute atomic E-state index is 12.9. The van der Waals surface area contributed by atoms with Crippen LogP contribution in [0.3, 0.4) is 0 Å². The maximum Gasteiger partial charge on any atom is 0.341 e. The van der Waals surface area contributed by atoms with Crippen molar-refractivity contribution in [1.82, 2.24) is 10.6 Å². The lowest BCUT2D eigenvalue weighted by atomic mass is 9.86. The maximum atomic E-state index is 12.9. The number of ketones is 1. The Bertz CT molecular complexity index is 812. The summed E-state index contributed by atoms with van der Waals surface area (Å²) in [5, 5.41) is 9.71. The number of nitrogens with one attached hydrogen (secondary N) is 3. The number of piperidine rings is 1. The Hall–Kier alpha value is -1.93. The monoisotopic (exact) mass is 433 g/mol. The third kappa shape index (κ3) is 4.70. The summed E-state index contributed by atoms with van der Waals surface area (Å²) in [4.78, 5) is 39.6. The summed E-state index contributed by atoms with van der Waals surface area (Å²) >= 11 is 1.47. The molecule has 1 aromatic rings. The third-order valence-electron chi connectivity index (χ3n) is 6.31. The first-order chi connectivity index (χ1) is 14.6. The van der Waals surface area contributed by atoms with Crippen LogP contribution in [0.5, 0.6) is 0 Å². The van der Waals surface area contributed by atoms with Crippen LogP contribution in [0.25, 0.3) is 0 Å². The zero-order valence-corrected chi connectivity index (χ0v) is 18.4. The minimum absolute atomic E-state index is 0.0920. The summed E-state index contributed by atoms with van der Waals surface area (Å²) in [7, 11) is 0. The molecular formula is C22H31N3O4S. The van der Waals surface area contributed by atoms with Crippen molar-refractivity contribution in [3.8, 4) is 0 Å². The molecule has 0 radical (unpaired) electrons. The van der Waals surface area contributed by atoms with Crippen molar-refractivity contribution in [2.24, 2.45) is 11.8 Å². The van der Waals surface area contributed by atoms with E-state index < -0.39 is 12.1 Å². The average Bonchev–Trinajstić information content (AvgIpc) is 3.53. The molecule has 1 aromatic heterocycles. The van der Waals surface area contributed by atoms with E-state index in [0.717, 1.165) is 74.9 Å². The van der Waals surface area contributed by atoms with Crippen molar-refractivity contribution in [2.75, 3.05) is 25.0 Å². The molecule has 4 rings (SSSR count). The number of fused-ring (bicyclic) bond motifs is 1. The Morgan fingerprint density at radius 1 is 1.13 bits per heavy atom. The van der Waals surface area contributed by atoms with Crippen molar-refractivity contribution in [3.63, 3.8) is 0 Å². The van der Waals surface area contributed by atoms with Crippen LogP contribution in [-0.2, 0) is 22.4 Å². The van der Waals surface area contributed by atoms with Gasteiger partial charge in [0.1, 0.15) is 5.00 Å². The lowest BCUT2D eigenvalue weighted by Gasteiger charge is -2.30. The molecule has 3 aliphatic rings. The molecule has 0 bridgehead atoms. The molecule has 1 aliphatic heterocycles. The van der Waals surface area contributed by atoms with Crippen LogP contribution in [0.1, 0.15) is 66.2 Å². The topological polar surface area (TPSA) is 96.5 Å². The zero-order valence-electron chi connectivity index (χ0n) is 17.6. The standard InChI is InChI=1S/C22H31N3O4S/c1-2-29-21(27)17-15-5-3-4-6-16(15)30-20(17)25-22(28)24-18(19(26)14-7-8-14)13-9-11-23-12-10-13/h13-14,18,23H,2-12H2,1H3,(H2,24,25,28). The van der Waals surface area contributed by atoms with Gasteiger partial charge < -0.3 is 15.4 Å². The Morgan fingerprint density at radius 2 is 1.87 bits per heavy atom. The molecule has 1 unspecified atom stereocenters. The minimum atomic E-state index is -0.458. The largest absolute Gasteiger partial charge is 0.462 e. The molecule has 0 spiro atoms. The second-order valence-electron chi connectivity index (χ2n) is 8.48. The van der Waals surface area contributed by atoms with Crippen molar-refractivity contribution < 1.29 is 19.1 Å². The highest BCUT2D eigenvalue weighted by Crippen LogP contribution is 2.39. The predicted molar refractivity (Wildman–Crippen MR) is 116 cm³/mol.